The maximum atomic E-state index is 14.4. The molecule has 0 bridgehead atoms. The Morgan fingerprint density at radius 3 is 0.989 bits per heavy atom. The topological polar surface area (TPSA) is 104 Å². The van der Waals surface area contributed by atoms with E-state index in [4.69, 9.17) is 9.47 Å². The van der Waals surface area contributed by atoms with E-state index in [1.807, 2.05) is 0 Å². The summed E-state index contributed by atoms with van der Waals surface area (Å²) in [5.74, 6) is -5.73. The van der Waals surface area contributed by atoms with Crippen LogP contribution in [0.3, 0.4) is 0 Å². The smallest absolute Gasteiger partial charge is 0.412 e. The molecule has 0 spiro atoms. The van der Waals surface area contributed by atoms with Crippen LogP contribution in [0.5, 0.6) is 0 Å². The molecule has 10 rings (SSSR count). The summed E-state index contributed by atoms with van der Waals surface area (Å²) in [5, 5.41) is 0. The minimum absolute atomic E-state index is 0. The first-order chi connectivity index (χ1) is 41.5. The second-order valence-corrected chi connectivity index (χ2v) is 24.0. The number of alkyl halides is 12. The molecule has 0 saturated carbocycles. The average molecular weight is 1430 g/mol. The van der Waals surface area contributed by atoms with E-state index in [0.717, 1.165) is 112 Å². The van der Waals surface area contributed by atoms with Gasteiger partial charge >= 0.3 is 24.7 Å². The molecule has 2 amide bonds. The van der Waals surface area contributed by atoms with Crippen LogP contribution in [-0.2, 0) is 68.1 Å². The van der Waals surface area contributed by atoms with Crippen LogP contribution < -0.4 is 0 Å². The van der Waals surface area contributed by atoms with Crippen molar-refractivity contribution in [3.05, 3.63) is 141 Å². The molecule has 6 heterocycles. The van der Waals surface area contributed by atoms with Crippen molar-refractivity contribution in [3.63, 3.8) is 0 Å². The number of benzene rings is 4. The van der Waals surface area contributed by atoms with Crippen molar-refractivity contribution >= 4 is 61.4 Å². The van der Waals surface area contributed by atoms with Gasteiger partial charge in [-0.25, -0.2) is 17.6 Å². The third kappa shape index (κ3) is 20.8. The molecule has 11 nitrogen and oxygen atoms in total. The van der Waals surface area contributed by atoms with E-state index in [-0.39, 0.29) is 115 Å². The summed E-state index contributed by atoms with van der Waals surface area (Å²) < 4.78 is 230. The zero-order valence-corrected chi connectivity index (χ0v) is 53.6. The number of morpholine rings is 2. The molecule has 6 aliphatic rings. The number of piperidine rings is 4. The van der Waals surface area contributed by atoms with Crippen molar-refractivity contribution < 1.29 is 94.8 Å². The Labute approximate surface area is 553 Å². The van der Waals surface area contributed by atoms with Crippen molar-refractivity contribution in [3.8, 4) is 0 Å². The van der Waals surface area contributed by atoms with Crippen LogP contribution in [-0.4, -0.2) is 151 Å². The van der Waals surface area contributed by atoms with Gasteiger partial charge in [-0.3, -0.25) is 9.59 Å². The predicted molar refractivity (Wildman–Crippen MR) is 323 cm³/mol. The highest BCUT2D eigenvalue weighted by Crippen LogP contribution is 2.42. The maximum absolute atomic E-state index is 14.4. The second kappa shape index (κ2) is 33.7. The average Bonchev–Trinajstić information content (AvgIpc) is 0.815. The number of amides is 2. The fourth-order valence-corrected chi connectivity index (χ4v) is 13.2. The van der Waals surface area contributed by atoms with Crippen molar-refractivity contribution in [2.45, 2.75) is 138 Å². The van der Waals surface area contributed by atoms with Crippen LogP contribution in [0.15, 0.2) is 72.8 Å². The first-order valence-corrected chi connectivity index (χ1v) is 29.7. The van der Waals surface area contributed by atoms with E-state index >= 15 is 0 Å². The number of hydrogen-bond acceptors (Lipinski definition) is 8. The molecule has 0 aliphatic carbocycles. The standard InChI is InChI=1S/2C31H35F8N3O2.4ClH.H2O/c2*32-26-5-4-22(17-27(26)33)29(8-13-40-11-6-25(7-12-40)41-9-2-1-3-10-41)20-42(28(43)19-44-29)18-21-14-23(30(34,35)36)16-24(15-21)31(37,38)39;;;;;/h2*4-5,14-17,25H,1-3,6-13,18-20H2;4*1H;1H2. The highest BCUT2D eigenvalue weighted by molar-refractivity contribution is 5.86. The van der Waals surface area contributed by atoms with Crippen LogP contribution in [0.2, 0.25) is 0 Å². The maximum Gasteiger partial charge on any atom is 0.416 e. The SMILES string of the molecule is Cl.Cl.Cl.Cl.O.O=C1COC(CCN2CCC(N3CCCCC3)CC2)(c2ccc(F)c(F)c2)CN1Cc1cc(C(F)(F)F)cc(C(F)(F)F)c1.O=C1COC(CCN2CCC(N3CCCCC3)CC2)(c2ccc(F)c(F)c2)CN1Cc1cc(C(F)(F)F)cc(C(F)(F)F)c1. The quantitative estimate of drug-likeness (QED) is 0.115. The number of halogens is 20. The fourth-order valence-electron chi connectivity index (χ4n) is 13.2. The molecule has 93 heavy (non-hydrogen) atoms. The molecule has 2 N–H and O–H groups in total. The number of likely N-dealkylation sites (tertiary alicyclic amines) is 4. The molecule has 4 aromatic carbocycles. The fraction of sp³-hybridized carbons (Fsp3) is 0.581. The summed E-state index contributed by atoms with van der Waals surface area (Å²) in [6, 6.07) is 9.89. The van der Waals surface area contributed by atoms with Crippen molar-refractivity contribution in [2.24, 2.45) is 0 Å². The summed E-state index contributed by atoms with van der Waals surface area (Å²) in [6.07, 6.45) is -8.50. The first-order valence-electron chi connectivity index (χ1n) is 29.7. The van der Waals surface area contributed by atoms with E-state index < -0.39 is 120 Å². The Balaban J connectivity index is 0.000000376. The van der Waals surface area contributed by atoms with E-state index in [0.29, 0.717) is 49.4 Å². The van der Waals surface area contributed by atoms with Crippen molar-refractivity contribution in [1.82, 2.24) is 29.4 Å². The van der Waals surface area contributed by atoms with Gasteiger partial charge < -0.3 is 44.3 Å². The molecule has 31 heteroatoms. The third-order valence-corrected chi connectivity index (χ3v) is 18.1. The van der Waals surface area contributed by atoms with Crippen molar-refractivity contribution in [2.75, 3.05) is 91.8 Å². The van der Waals surface area contributed by atoms with Crippen LogP contribution in [0.4, 0.5) is 70.2 Å². The number of carbonyl (C=O) groups excluding carboxylic acids is 2. The number of hydrogen-bond donors (Lipinski definition) is 0. The van der Waals surface area contributed by atoms with Gasteiger partial charge in [0.1, 0.15) is 24.4 Å². The molecule has 524 valence electrons. The number of rotatable bonds is 14. The van der Waals surface area contributed by atoms with Gasteiger partial charge in [-0.15, -0.1) is 49.6 Å². The van der Waals surface area contributed by atoms with Gasteiger partial charge in [-0.05, 0) is 199 Å². The zero-order valence-electron chi connectivity index (χ0n) is 50.4. The van der Waals surface area contributed by atoms with Gasteiger partial charge in [-0.1, -0.05) is 25.0 Å². The minimum Gasteiger partial charge on any atom is -0.412 e. The molecule has 6 saturated heterocycles. The van der Waals surface area contributed by atoms with Gasteiger partial charge in [-0.2, -0.15) is 52.7 Å². The minimum atomic E-state index is -5.04. The Bertz CT molecular complexity index is 2800. The van der Waals surface area contributed by atoms with Gasteiger partial charge in [0.15, 0.2) is 23.3 Å². The van der Waals surface area contributed by atoms with Crippen LogP contribution in [0, 0.1) is 23.3 Å². The Morgan fingerprint density at radius 1 is 0.409 bits per heavy atom. The Hall–Kier alpha value is -4.42. The lowest BCUT2D eigenvalue weighted by Gasteiger charge is -2.45. The van der Waals surface area contributed by atoms with Crippen LogP contribution >= 0.6 is 49.6 Å². The largest absolute Gasteiger partial charge is 0.416 e. The first kappa shape index (κ1) is 81.0. The van der Waals surface area contributed by atoms with E-state index in [1.54, 1.807) is 0 Å². The highest BCUT2D eigenvalue weighted by atomic mass is 35.5. The molecule has 0 radical (unpaired) electrons. The Kier molecular flexibility index (Phi) is 29.4. The van der Waals surface area contributed by atoms with Gasteiger partial charge in [0, 0.05) is 38.3 Å². The summed E-state index contributed by atoms with van der Waals surface area (Å²) in [4.78, 5) is 37.6. The highest BCUT2D eigenvalue weighted by Gasteiger charge is 2.46. The zero-order chi connectivity index (χ0) is 63.4. The van der Waals surface area contributed by atoms with E-state index in [1.165, 1.54) is 50.7 Å². The number of ether oxygens (including phenoxy) is 2. The summed E-state index contributed by atoms with van der Waals surface area (Å²) in [6.45, 7) is 5.88. The molecule has 6 fully saturated rings. The summed E-state index contributed by atoms with van der Waals surface area (Å²) >= 11 is 0. The lowest BCUT2D eigenvalue weighted by molar-refractivity contribution is -0.169. The third-order valence-electron chi connectivity index (χ3n) is 18.1. The van der Waals surface area contributed by atoms with Gasteiger partial charge in [0.05, 0.1) is 35.3 Å². The lowest BCUT2D eigenvalue weighted by Crippen LogP contribution is -2.54. The van der Waals surface area contributed by atoms with Gasteiger partial charge in [0.2, 0.25) is 11.8 Å². The molecule has 0 aromatic heterocycles. The van der Waals surface area contributed by atoms with Crippen LogP contribution in [0.25, 0.3) is 0 Å². The Morgan fingerprint density at radius 2 is 0.710 bits per heavy atom. The normalized spacial score (nSPS) is 22.1. The van der Waals surface area contributed by atoms with Crippen LogP contribution in [0.1, 0.15) is 122 Å². The molecule has 4 aromatic rings. The van der Waals surface area contributed by atoms with Crippen molar-refractivity contribution in [1.29, 1.82) is 0 Å². The monoisotopic (exact) mass is 1430 g/mol. The molecular weight excluding hydrogens is 1350 g/mol. The van der Waals surface area contributed by atoms with E-state index in [2.05, 4.69) is 19.6 Å². The molecule has 2 unspecified atom stereocenters. The molecule has 6 aliphatic heterocycles. The van der Waals surface area contributed by atoms with Gasteiger partial charge in [0.25, 0.3) is 0 Å². The lowest BCUT2D eigenvalue weighted by atomic mass is 9.87. The van der Waals surface area contributed by atoms with E-state index in [9.17, 15) is 79.8 Å². The predicted octanol–water partition coefficient (Wildman–Crippen LogP) is 14.1. The summed E-state index contributed by atoms with van der Waals surface area (Å²) in [5.41, 5.74) is -8.91. The number of carbonyl (C=O) groups is 2. The summed E-state index contributed by atoms with van der Waals surface area (Å²) in [7, 11) is 0. The number of nitrogens with zero attached hydrogens (tertiary/aromatic N) is 6. The second-order valence-electron chi connectivity index (χ2n) is 24.0. The molecular formula is C62H76Cl4F16N6O5. The molecule has 2 atom stereocenters.